The van der Waals surface area contributed by atoms with Gasteiger partial charge in [-0.2, -0.15) is 0 Å². The van der Waals surface area contributed by atoms with Crippen LogP contribution in [0.1, 0.15) is 48.8 Å². The topological polar surface area (TPSA) is 76.0 Å². The first kappa shape index (κ1) is 22.1. The van der Waals surface area contributed by atoms with Crippen molar-refractivity contribution in [2.45, 2.75) is 34.6 Å². The van der Waals surface area contributed by atoms with Gasteiger partial charge in [-0.15, -0.1) is 0 Å². The summed E-state index contributed by atoms with van der Waals surface area (Å²) in [6.45, 7) is 9.72. The number of benzene rings is 2. The van der Waals surface area contributed by atoms with Crippen LogP contribution in [0.4, 0.5) is 5.69 Å². The van der Waals surface area contributed by atoms with Crippen LogP contribution in [-0.4, -0.2) is 77.6 Å². The normalized spacial score (nSPS) is 10.7. The van der Waals surface area contributed by atoms with E-state index in [1.54, 1.807) is 16.8 Å². The van der Waals surface area contributed by atoms with Crippen LogP contribution in [0.2, 0.25) is 0 Å². The third-order valence-corrected chi connectivity index (χ3v) is 5.95. The number of aromatic nitrogens is 2. The molecule has 0 aliphatic heterocycles. The van der Waals surface area contributed by atoms with Crippen molar-refractivity contribution in [1.82, 2.24) is 8.84 Å². The molecular formula is C22H23N4O2Rb. The third-order valence-electron chi connectivity index (χ3n) is 4.83. The Balaban J connectivity index is 2.05. The van der Waals surface area contributed by atoms with Gasteiger partial charge < -0.3 is 0 Å². The fourth-order valence-corrected chi connectivity index (χ4v) is 4.17. The molecule has 2 aromatic carbocycles. The van der Waals surface area contributed by atoms with E-state index in [1.807, 2.05) is 52.8 Å². The summed E-state index contributed by atoms with van der Waals surface area (Å²) in [5.74, 6) is -0.451. The minimum absolute atomic E-state index is 0.000265. The second-order valence-corrected chi connectivity index (χ2v) is 8.64. The average molecular weight is 461 g/mol. The fourth-order valence-electron chi connectivity index (χ4n) is 3.51. The Bertz CT molecular complexity index is 1120. The summed E-state index contributed by atoms with van der Waals surface area (Å²) >= 11 is -0.000265. The molecule has 144 valence electrons. The quantitative estimate of drug-likeness (QED) is 0.626. The number of hydrogen-bond donors (Lipinski definition) is 2. The summed E-state index contributed by atoms with van der Waals surface area (Å²) < 4.78 is 4.51. The Hall–Kier alpha value is -1.60. The van der Waals surface area contributed by atoms with Crippen molar-refractivity contribution in [3.8, 4) is 5.69 Å². The molecule has 2 N–H and O–H groups in total. The van der Waals surface area contributed by atoms with Crippen molar-refractivity contribution in [3.63, 3.8) is 0 Å². The van der Waals surface area contributed by atoms with Crippen LogP contribution in [0.25, 0.3) is 5.69 Å². The van der Waals surface area contributed by atoms with Crippen molar-refractivity contribution >= 4 is 73.5 Å². The molecule has 0 aliphatic rings. The summed E-state index contributed by atoms with van der Waals surface area (Å²) in [6, 6.07) is 11.6. The van der Waals surface area contributed by atoms with E-state index < -0.39 is 0 Å². The Morgan fingerprint density at radius 1 is 0.897 bits per heavy atom. The van der Waals surface area contributed by atoms with Gasteiger partial charge >= 0.3 is 206 Å². The maximum absolute atomic E-state index is 13.2. The number of aryl methyl sites for hydroxylation is 5. The third kappa shape index (κ3) is 4.77. The monoisotopic (exact) mass is 460 g/mol. The molecule has 7 heteroatoms. The number of carbonyl (C=O) groups is 2. The molecule has 0 saturated carbocycles. The van der Waals surface area contributed by atoms with E-state index in [0.29, 0.717) is 16.9 Å². The van der Waals surface area contributed by atoms with Crippen molar-refractivity contribution in [2.75, 3.05) is 5.32 Å². The van der Waals surface area contributed by atoms with Crippen LogP contribution in [0.3, 0.4) is 0 Å². The Labute approximate surface area is 210 Å². The van der Waals surface area contributed by atoms with Crippen molar-refractivity contribution in [2.24, 2.45) is 0 Å². The SMILES string of the molecule is Cc1ccc(-n2nc(C)cc2C(=O)Nc2c(C)cc(C)cc2C(=O)[NH][Rb])c(C)c1. The van der Waals surface area contributed by atoms with E-state index >= 15 is 0 Å². The summed E-state index contributed by atoms with van der Waals surface area (Å²) in [5.41, 5.74) is 7.07. The first-order valence-electron chi connectivity index (χ1n) is 9.50. The van der Waals surface area contributed by atoms with E-state index in [1.165, 1.54) is 0 Å². The van der Waals surface area contributed by atoms with Crippen LogP contribution in [0.5, 0.6) is 0 Å². The number of nitrogens with one attached hydrogen (secondary N) is 2. The Morgan fingerprint density at radius 2 is 1.59 bits per heavy atom. The van der Waals surface area contributed by atoms with Crippen LogP contribution < -0.4 is 4.38 Å². The zero-order valence-corrected chi connectivity index (χ0v) is 22.6. The van der Waals surface area contributed by atoms with E-state index in [9.17, 15) is 9.59 Å². The number of hydrogen-bond acceptors (Lipinski definition) is 3. The van der Waals surface area contributed by atoms with Gasteiger partial charge in [-0.25, -0.2) is 0 Å². The van der Waals surface area contributed by atoms with E-state index in [-0.39, 0.29) is 67.8 Å². The number of amides is 2. The molecule has 3 rings (SSSR count). The van der Waals surface area contributed by atoms with Crippen LogP contribution in [-0.2, 0) is 0 Å². The predicted octanol–water partition coefficient (Wildman–Crippen LogP) is 3.48. The van der Waals surface area contributed by atoms with Gasteiger partial charge in [-0.05, 0) is 6.92 Å². The van der Waals surface area contributed by atoms with Crippen LogP contribution >= 0.6 is 0 Å². The predicted molar refractivity (Wildman–Crippen MR) is 115 cm³/mol. The molecule has 0 aliphatic carbocycles. The first-order valence-corrected chi connectivity index (χ1v) is 12.0. The zero-order valence-electron chi connectivity index (χ0n) is 17.7. The van der Waals surface area contributed by atoms with Gasteiger partial charge in [0.15, 0.2) is 0 Å². The molecular weight excluding hydrogens is 438 g/mol. The van der Waals surface area contributed by atoms with Gasteiger partial charge in [0, 0.05) is 0 Å². The molecule has 6 nitrogen and oxygen atoms in total. The van der Waals surface area contributed by atoms with E-state index in [2.05, 4.69) is 15.5 Å². The van der Waals surface area contributed by atoms with E-state index in [4.69, 9.17) is 0 Å². The van der Waals surface area contributed by atoms with Gasteiger partial charge in [0.25, 0.3) is 0 Å². The minimum atomic E-state index is -0.300. The molecule has 0 radical (unpaired) electrons. The number of anilines is 1. The number of nitrogens with zero attached hydrogens (tertiary/aromatic N) is 2. The molecule has 3 aromatic rings. The van der Waals surface area contributed by atoms with Crippen molar-refractivity contribution in [1.29, 1.82) is 0 Å². The zero-order chi connectivity index (χ0) is 21.3. The molecule has 0 saturated heterocycles. The number of rotatable bonds is 4. The first-order chi connectivity index (χ1) is 13.7. The molecule has 2 amide bonds. The molecule has 0 atom stereocenters. The van der Waals surface area contributed by atoms with E-state index in [0.717, 1.165) is 33.6 Å². The van der Waals surface area contributed by atoms with Crippen LogP contribution in [0, 0.1) is 34.6 Å². The summed E-state index contributed by atoms with van der Waals surface area (Å²) in [6.07, 6.45) is 0. The maximum atomic E-state index is 13.2. The summed E-state index contributed by atoms with van der Waals surface area (Å²) in [4.78, 5) is 25.6. The van der Waals surface area contributed by atoms with Crippen molar-refractivity contribution < 1.29 is 9.59 Å². The van der Waals surface area contributed by atoms with Gasteiger partial charge in [0.1, 0.15) is 0 Å². The Kier molecular flexibility index (Phi) is 6.89. The molecule has 1 aromatic heterocycles. The molecule has 0 spiro atoms. The van der Waals surface area contributed by atoms with Gasteiger partial charge in [0.2, 0.25) is 0 Å². The van der Waals surface area contributed by atoms with Crippen molar-refractivity contribution in [3.05, 3.63) is 75.6 Å². The molecule has 1 heterocycles. The van der Waals surface area contributed by atoms with Gasteiger partial charge in [-0.3, -0.25) is 0 Å². The molecule has 0 bridgehead atoms. The second kappa shape index (κ2) is 9.04. The number of carbonyl (C=O) groups excluding carboxylic acids is 2. The molecule has 0 unspecified atom stereocenters. The molecule has 0 fully saturated rings. The second-order valence-electron chi connectivity index (χ2n) is 7.41. The average Bonchev–Trinajstić information content (AvgIpc) is 3.04. The summed E-state index contributed by atoms with van der Waals surface area (Å²) in [7, 11) is 0. The fraction of sp³-hybridized carbons (Fsp3) is 0.227. The standard InChI is InChI=1S/C22H24N4O2.Rb/c1-12-6-7-18(14(3)8-12)26-19(11-16(5)25-26)22(28)24-20-15(4)9-13(2)10-17(20)21(23)27;/h6-11H,1-5H3,(H3,23,24,27,28);/q;+1/p-1. The molecule has 29 heavy (non-hydrogen) atoms. The Morgan fingerprint density at radius 3 is 2.24 bits per heavy atom. The van der Waals surface area contributed by atoms with Gasteiger partial charge in [0.05, 0.1) is 0 Å². The summed E-state index contributed by atoms with van der Waals surface area (Å²) in [5, 5.41) is 7.48. The van der Waals surface area contributed by atoms with Gasteiger partial charge in [-0.1, -0.05) is 0 Å². The van der Waals surface area contributed by atoms with Crippen LogP contribution in [0.15, 0.2) is 36.4 Å².